The van der Waals surface area contributed by atoms with Crippen LogP contribution in [0.2, 0.25) is 0 Å². The van der Waals surface area contributed by atoms with E-state index in [1.807, 2.05) is 0 Å². The Morgan fingerprint density at radius 1 is 1.27 bits per heavy atom. The van der Waals surface area contributed by atoms with E-state index in [1.54, 1.807) is 0 Å². The summed E-state index contributed by atoms with van der Waals surface area (Å²) >= 11 is 0. The molecule has 1 amide bonds. The molecule has 0 aromatic carbocycles. The van der Waals surface area contributed by atoms with Gasteiger partial charge in [-0.1, -0.05) is 6.92 Å². The van der Waals surface area contributed by atoms with Crippen molar-refractivity contribution in [2.24, 2.45) is 0 Å². The molecular formula is C17H27N3O2. The molecule has 1 atom stereocenters. The van der Waals surface area contributed by atoms with Crippen molar-refractivity contribution >= 4 is 5.91 Å². The molecule has 2 saturated heterocycles. The van der Waals surface area contributed by atoms with Gasteiger partial charge in [-0.15, -0.1) is 0 Å². The third-order valence-electron chi connectivity index (χ3n) is 5.25. The van der Waals surface area contributed by atoms with Gasteiger partial charge >= 0.3 is 0 Å². The van der Waals surface area contributed by atoms with Crippen molar-refractivity contribution in [3.05, 3.63) is 23.7 Å². The maximum atomic E-state index is 11.7. The quantitative estimate of drug-likeness (QED) is 0.922. The van der Waals surface area contributed by atoms with Crippen LogP contribution in [0, 0.1) is 0 Å². The third-order valence-corrected chi connectivity index (χ3v) is 5.25. The smallest absolute Gasteiger partial charge is 0.220 e. The van der Waals surface area contributed by atoms with E-state index in [1.165, 1.54) is 0 Å². The van der Waals surface area contributed by atoms with E-state index in [9.17, 15) is 4.79 Å². The maximum Gasteiger partial charge on any atom is 0.220 e. The number of likely N-dealkylation sites (N-methyl/N-ethyl adjacent to an activating group) is 1. The van der Waals surface area contributed by atoms with E-state index in [-0.39, 0.29) is 11.4 Å². The summed E-state index contributed by atoms with van der Waals surface area (Å²) in [5.41, 5.74) is 0.123. The summed E-state index contributed by atoms with van der Waals surface area (Å²) in [6.45, 7) is 6.90. The van der Waals surface area contributed by atoms with Gasteiger partial charge in [0, 0.05) is 44.6 Å². The zero-order valence-corrected chi connectivity index (χ0v) is 13.7. The van der Waals surface area contributed by atoms with Crippen LogP contribution < -0.4 is 5.32 Å². The van der Waals surface area contributed by atoms with Crippen LogP contribution in [0.1, 0.15) is 37.7 Å². The summed E-state index contributed by atoms with van der Waals surface area (Å²) in [6.07, 6.45) is 3.56. The van der Waals surface area contributed by atoms with E-state index >= 15 is 0 Å². The summed E-state index contributed by atoms with van der Waals surface area (Å²) in [6, 6.07) is 4.18. The van der Waals surface area contributed by atoms with Gasteiger partial charge in [0.2, 0.25) is 5.91 Å². The molecule has 0 saturated carbocycles. The molecule has 0 unspecified atom stereocenters. The molecule has 1 aromatic rings. The molecule has 122 valence electrons. The first-order valence-electron chi connectivity index (χ1n) is 8.39. The maximum absolute atomic E-state index is 11.7. The van der Waals surface area contributed by atoms with Crippen LogP contribution in [0.15, 0.2) is 16.5 Å². The lowest BCUT2D eigenvalue weighted by Gasteiger charge is -2.49. The van der Waals surface area contributed by atoms with Gasteiger partial charge in [-0.3, -0.25) is 14.6 Å². The van der Waals surface area contributed by atoms with Gasteiger partial charge in [0.05, 0.1) is 6.54 Å². The number of hydrogen-bond donors (Lipinski definition) is 1. The highest BCUT2D eigenvalue weighted by molar-refractivity contribution is 5.76. The molecule has 3 rings (SSSR count). The standard InChI is InChI=1S/C17H27N3O2/c1-3-14-4-5-15(22-14)12-20-11-10-19(2)17(13-20)7-6-16(21)18-9-8-17/h4-5H,3,6-13H2,1-2H3,(H,18,21)/t17-/m1/s1. The molecule has 2 aliphatic heterocycles. The molecule has 1 aromatic heterocycles. The predicted molar refractivity (Wildman–Crippen MR) is 85.6 cm³/mol. The highest BCUT2D eigenvalue weighted by Gasteiger charge is 2.40. The molecule has 3 heterocycles. The van der Waals surface area contributed by atoms with Crippen molar-refractivity contribution in [3.63, 3.8) is 0 Å². The number of carbonyl (C=O) groups excluding carboxylic acids is 1. The number of amides is 1. The highest BCUT2D eigenvalue weighted by atomic mass is 16.3. The SMILES string of the molecule is CCc1ccc(CN2CCN(C)[C@]3(CCNC(=O)CC3)C2)o1. The van der Waals surface area contributed by atoms with Crippen LogP contribution in [-0.2, 0) is 17.8 Å². The molecule has 22 heavy (non-hydrogen) atoms. The first-order chi connectivity index (χ1) is 10.6. The second-order valence-corrected chi connectivity index (χ2v) is 6.68. The number of hydrogen-bond acceptors (Lipinski definition) is 4. The van der Waals surface area contributed by atoms with Crippen LogP contribution in [0.25, 0.3) is 0 Å². The van der Waals surface area contributed by atoms with Crippen molar-refractivity contribution in [2.75, 3.05) is 33.2 Å². The second kappa shape index (κ2) is 6.42. The van der Waals surface area contributed by atoms with E-state index in [0.717, 1.165) is 63.5 Å². The van der Waals surface area contributed by atoms with Crippen molar-refractivity contribution in [1.29, 1.82) is 0 Å². The lowest BCUT2D eigenvalue weighted by Crippen LogP contribution is -2.60. The average molecular weight is 305 g/mol. The molecule has 5 heteroatoms. The van der Waals surface area contributed by atoms with E-state index in [2.05, 4.69) is 41.2 Å². The number of nitrogens with zero attached hydrogens (tertiary/aromatic N) is 2. The minimum atomic E-state index is 0.123. The molecular weight excluding hydrogens is 278 g/mol. The van der Waals surface area contributed by atoms with Crippen LogP contribution in [0.4, 0.5) is 0 Å². The molecule has 2 fully saturated rings. The fourth-order valence-corrected chi connectivity index (χ4v) is 3.73. The minimum Gasteiger partial charge on any atom is -0.465 e. The van der Waals surface area contributed by atoms with Gasteiger partial charge in [0.1, 0.15) is 11.5 Å². The van der Waals surface area contributed by atoms with Gasteiger partial charge < -0.3 is 9.73 Å². The third kappa shape index (κ3) is 3.20. The lowest BCUT2D eigenvalue weighted by molar-refractivity contribution is -0.121. The fraction of sp³-hybridized carbons (Fsp3) is 0.706. The van der Waals surface area contributed by atoms with Crippen LogP contribution >= 0.6 is 0 Å². The van der Waals surface area contributed by atoms with E-state index in [0.29, 0.717) is 6.42 Å². The van der Waals surface area contributed by atoms with E-state index in [4.69, 9.17) is 4.42 Å². The molecule has 1 N–H and O–H groups in total. The zero-order chi connectivity index (χ0) is 15.6. The summed E-state index contributed by atoms with van der Waals surface area (Å²) in [7, 11) is 2.20. The summed E-state index contributed by atoms with van der Waals surface area (Å²) < 4.78 is 5.86. The van der Waals surface area contributed by atoms with Crippen LogP contribution in [0.5, 0.6) is 0 Å². The summed E-state index contributed by atoms with van der Waals surface area (Å²) in [4.78, 5) is 16.6. The van der Waals surface area contributed by atoms with Gasteiger partial charge in [-0.05, 0) is 32.0 Å². The average Bonchev–Trinajstić information content (AvgIpc) is 2.88. The van der Waals surface area contributed by atoms with E-state index < -0.39 is 0 Å². The normalized spacial score (nSPS) is 27.8. The van der Waals surface area contributed by atoms with Gasteiger partial charge in [-0.2, -0.15) is 0 Å². The number of furan rings is 1. The Bertz CT molecular complexity index is 528. The Labute approximate surface area is 132 Å². The first kappa shape index (κ1) is 15.6. The van der Waals surface area contributed by atoms with Crippen LogP contribution in [0.3, 0.4) is 0 Å². The Morgan fingerprint density at radius 3 is 2.86 bits per heavy atom. The number of carbonyl (C=O) groups is 1. The van der Waals surface area contributed by atoms with Crippen molar-refractivity contribution in [2.45, 2.75) is 44.7 Å². The van der Waals surface area contributed by atoms with Gasteiger partial charge in [0.25, 0.3) is 0 Å². The predicted octanol–water partition coefficient (Wildman–Crippen LogP) is 1.63. The molecule has 1 spiro atoms. The zero-order valence-electron chi connectivity index (χ0n) is 13.7. The van der Waals surface area contributed by atoms with Gasteiger partial charge in [0.15, 0.2) is 0 Å². The van der Waals surface area contributed by atoms with Gasteiger partial charge in [-0.25, -0.2) is 0 Å². The second-order valence-electron chi connectivity index (χ2n) is 6.68. The number of aryl methyl sites for hydroxylation is 1. The lowest BCUT2D eigenvalue weighted by atomic mass is 9.86. The largest absolute Gasteiger partial charge is 0.465 e. The highest BCUT2D eigenvalue weighted by Crippen LogP contribution is 2.31. The molecule has 2 aliphatic rings. The number of nitrogens with one attached hydrogen (secondary N) is 1. The molecule has 0 bridgehead atoms. The first-order valence-corrected chi connectivity index (χ1v) is 8.39. The van der Waals surface area contributed by atoms with Crippen molar-refractivity contribution in [1.82, 2.24) is 15.1 Å². The molecule has 0 radical (unpaired) electrons. The monoisotopic (exact) mass is 305 g/mol. The van der Waals surface area contributed by atoms with Crippen molar-refractivity contribution in [3.8, 4) is 0 Å². The number of rotatable bonds is 3. The summed E-state index contributed by atoms with van der Waals surface area (Å²) in [5, 5.41) is 3.01. The topological polar surface area (TPSA) is 48.7 Å². The summed E-state index contributed by atoms with van der Waals surface area (Å²) in [5.74, 6) is 2.31. The molecule has 5 nitrogen and oxygen atoms in total. The Kier molecular flexibility index (Phi) is 4.54. The van der Waals surface area contributed by atoms with Crippen LogP contribution in [-0.4, -0.2) is 54.5 Å². The Hall–Kier alpha value is -1.33. The Balaban J connectivity index is 1.68. The fourth-order valence-electron chi connectivity index (χ4n) is 3.73. The minimum absolute atomic E-state index is 0.123. The molecule has 0 aliphatic carbocycles. The Morgan fingerprint density at radius 2 is 2.09 bits per heavy atom. The number of piperazine rings is 1. The van der Waals surface area contributed by atoms with Crippen molar-refractivity contribution < 1.29 is 9.21 Å².